The number of nitrogens with one attached hydrogen (secondary N) is 1. The summed E-state index contributed by atoms with van der Waals surface area (Å²) in [5.41, 5.74) is 1.07. The van der Waals surface area contributed by atoms with E-state index in [1.54, 1.807) is 18.3 Å². The van der Waals surface area contributed by atoms with Gasteiger partial charge in [0.05, 0.1) is 30.2 Å². The van der Waals surface area contributed by atoms with Gasteiger partial charge in [-0.05, 0) is 69.5 Å². The van der Waals surface area contributed by atoms with Crippen molar-refractivity contribution in [1.82, 2.24) is 14.8 Å². The van der Waals surface area contributed by atoms with Crippen molar-refractivity contribution in [3.05, 3.63) is 77.4 Å². The van der Waals surface area contributed by atoms with Crippen molar-refractivity contribution in [3.8, 4) is 11.9 Å². The average Bonchev–Trinajstić information content (AvgIpc) is 3.33. The van der Waals surface area contributed by atoms with Crippen molar-refractivity contribution in [2.45, 2.75) is 63.9 Å². The van der Waals surface area contributed by atoms with Crippen molar-refractivity contribution < 1.29 is 19.0 Å². The summed E-state index contributed by atoms with van der Waals surface area (Å²) in [5.74, 6) is 0.522. The highest BCUT2D eigenvalue weighted by Crippen LogP contribution is 2.40. The van der Waals surface area contributed by atoms with Crippen LogP contribution in [0.3, 0.4) is 0 Å². The van der Waals surface area contributed by atoms with Crippen LogP contribution in [-0.4, -0.2) is 39.0 Å². The maximum atomic E-state index is 12.7. The fraction of sp³-hybridized carbons (Fsp3) is 0.355. The summed E-state index contributed by atoms with van der Waals surface area (Å²) in [5, 5.41) is 19.5. The summed E-state index contributed by atoms with van der Waals surface area (Å²) < 4.78 is 19.6. The third-order valence-electron chi connectivity index (χ3n) is 6.84. The molecule has 41 heavy (non-hydrogen) atoms. The van der Waals surface area contributed by atoms with E-state index in [0.29, 0.717) is 41.6 Å². The number of rotatable bonds is 8. The fourth-order valence-electron chi connectivity index (χ4n) is 4.88. The first kappa shape index (κ1) is 28.4. The second kappa shape index (κ2) is 11.8. The fourth-order valence-corrected chi connectivity index (χ4v) is 5.01. The molecular formula is C31H32ClN5O4. The lowest BCUT2D eigenvalue weighted by Crippen LogP contribution is -2.47. The van der Waals surface area contributed by atoms with E-state index >= 15 is 0 Å². The average molecular weight is 574 g/mol. The molecule has 2 aromatic carbocycles. The third kappa shape index (κ3) is 6.45. The van der Waals surface area contributed by atoms with Crippen LogP contribution in [-0.2, 0) is 26.4 Å². The second-order valence-electron chi connectivity index (χ2n) is 11.1. The van der Waals surface area contributed by atoms with E-state index < -0.39 is 23.2 Å². The minimum Gasteiger partial charge on any atom is -0.472 e. The highest BCUT2D eigenvalue weighted by Gasteiger charge is 2.43. The van der Waals surface area contributed by atoms with E-state index in [2.05, 4.69) is 16.4 Å². The maximum Gasteiger partial charge on any atom is 0.335 e. The molecule has 0 saturated carbocycles. The number of nitrogens with zero attached hydrogens (tertiary/aromatic N) is 4. The first-order chi connectivity index (χ1) is 19.7. The molecule has 0 amide bonds. The van der Waals surface area contributed by atoms with Crippen LogP contribution in [0.2, 0.25) is 5.02 Å². The Balaban J connectivity index is 1.53. The zero-order valence-corrected chi connectivity index (χ0v) is 24.0. The Labute approximate surface area is 244 Å². The number of hydrogen-bond donors (Lipinski definition) is 1. The molecule has 3 heterocycles. The van der Waals surface area contributed by atoms with E-state index in [9.17, 15) is 10.1 Å². The Hall–Kier alpha value is -4.13. The van der Waals surface area contributed by atoms with Crippen LogP contribution in [0.5, 0.6) is 5.88 Å². The number of pyridine rings is 1. The summed E-state index contributed by atoms with van der Waals surface area (Å²) in [4.78, 5) is 17.3. The number of benzene rings is 2. The van der Waals surface area contributed by atoms with Crippen molar-refractivity contribution in [2.24, 2.45) is 0 Å². The van der Waals surface area contributed by atoms with Crippen molar-refractivity contribution in [1.29, 1.82) is 5.26 Å². The summed E-state index contributed by atoms with van der Waals surface area (Å²) in [6, 6.07) is 21.3. The van der Waals surface area contributed by atoms with Gasteiger partial charge in [0, 0.05) is 16.9 Å². The van der Waals surface area contributed by atoms with Gasteiger partial charge in [-0.3, -0.25) is 4.68 Å². The molecule has 2 unspecified atom stereocenters. The molecule has 5 rings (SSSR count). The minimum absolute atomic E-state index is 0.115. The summed E-state index contributed by atoms with van der Waals surface area (Å²) in [7, 11) is 0. The van der Waals surface area contributed by atoms with Gasteiger partial charge in [-0.15, -0.1) is 0 Å². The van der Waals surface area contributed by atoms with E-state index in [-0.39, 0.29) is 13.0 Å². The summed E-state index contributed by atoms with van der Waals surface area (Å²) in [6.07, 6.45) is 1.97. The van der Waals surface area contributed by atoms with Gasteiger partial charge >= 0.3 is 5.97 Å². The Morgan fingerprint density at radius 3 is 2.61 bits per heavy atom. The molecule has 1 aliphatic rings. The standard InChI is InChI=1S/C31H32ClN5O4/c1-30(2,3)41-29(38)25-13-15-31(16-17-33,20-40-25)37-24-14-18-34-28(39-19-21-7-5-4-6-8-21)26(24)27(36-37)35-23-11-9-22(32)10-12-23/h4-12,14,18,25H,13,15-16,19-20H2,1-3H3,(H,35,36). The molecule has 4 aromatic rings. The monoisotopic (exact) mass is 573 g/mol. The number of carbonyl (C=O) groups is 1. The van der Waals surface area contributed by atoms with Gasteiger partial charge in [0.25, 0.3) is 0 Å². The third-order valence-corrected chi connectivity index (χ3v) is 7.09. The number of fused-ring (bicyclic) bond motifs is 1. The number of halogens is 1. The molecule has 1 fully saturated rings. The molecule has 2 atom stereocenters. The molecule has 9 nitrogen and oxygen atoms in total. The molecule has 0 radical (unpaired) electrons. The second-order valence-corrected chi connectivity index (χ2v) is 11.5. The molecule has 212 valence electrons. The van der Waals surface area contributed by atoms with Crippen LogP contribution < -0.4 is 10.1 Å². The molecule has 0 spiro atoms. The van der Waals surface area contributed by atoms with Crippen LogP contribution in [0, 0.1) is 11.3 Å². The van der Waals surface area contributed by atoms with Crippen molar-refractivity contribution in [3.63, 3.8) is 0 Å². The Bertz CT molecular complexity index is 1550. The van der Waals surface area contributed by atoms with Gasteiger partial charge in [0.1, 0.15) is 17.6 Å². The van der Waals surface area contributed by atoms with Crippen LogP contribution in [0.1, 0.15) is 45.6 Å². The van der Waals surface area contributed by atoms with Crippen LogP contribution in [0.4, 0.5) is 11.5 Å². The molecule has 1 N–H and O–H groups in total. The number of ether oxygens (including phenoxy) is 3. The Kier molecular flexibility index (Phi) is 8.15. The summed E-state index contributed by atoms with van der Waals surface area (Å²) >= 11 is 6.11. The van der Waals surface area contributed by atoms with Gasteiger partial charge < -0.3 is 19.5 Å². The molecule has 1 saturated heterocycles. The first-order valence-electron chi connectivity index (χ1n) is 13.5. The first-order valence-corrected chi connectivity index (χ1v) is 13.8. The summed E-state index contributed by atoms with van der Waals surface area (Å²) in [6.45, 7) is 5.91. The van der Waals surface area contributed by atoms with Gasteiger partial charge in [0.15, 0.2) is 11.9 Å². The van der Waals surface area contributed by atoms with E-state index in [0.717, 1.165) is 16.8 Å². The van der Waals surface area contributed by atoms with E-state index in [4.69, 9.17) is 30.9 Å². The molecule has 2 aromatic heterocycles. The van der Waals surface area contributed by atoms with Crippen LogP contribution in [0.25, 0.3) is 10.9 Å². The molecule has 10 heteroatoms. The number of nitriles is 1. The zero-order chi connectivity index (χ0) is 29.0. The topological polar surface area (TPSA) is 111 Å². The lowest BCUT2D eigenvalue weighted by Gasteiger charge is -2.39. The maximum absolute atomic E-state index is 12.7. The predicted molar refractivity (Wildman–Crippen MR) is 156 cm³/mol. The molecule has 1 aliphatic heterocycles. The Morgan fingerprint density at radius 1 is 1.20 bits per heavy atom. The SMILES string of the molecule is CC(C)(C)OC(=O)C1CCC(CC#N)(n2nc(Nc3ccc(Cl)cc3)c3c(OCc4ccccc4)nccc32)CO1. The highest BCUT2D eigenvalue weighted by atomic mass is 35.5. The van der Waals surface area contributed by atoms with E-state index in [1.807, 2.05) is 74.0 Å². The van der Waals surface area contributed by atoms with Gasteiger partial charge in [0.2, 0.25) is 5.88 Å². The van der Waals surface area contributed by atoms with Crippen molar-refractivity contribution in [2.75, 3.05) is 11.9 Å². The zero-order valence-electron chi connectivity index (χ0n) is 23.3. The minimum atomic E-state index is -0.816. The number of anilines is 2. The smallest absolute Gasteiger partial charge is 0.335 e. The van der Waals surface area contributed by atoms with Crippen LogP contribution >= 0.6 is 11.6 Å². The highest BCUT2D eigenvalue weighted by molar-refractivity contribution is 6.30. The van der Waals surface area contributed by atoms with Crippen molar-refractivity contribution >= 4 is 40.0 Å². The molecule has 0 bridgehead atoms. The molecular weight excluding hydrogens is 542 g/mol. The lowest BCUT2D eigenvalue weighted by atomic mass is 9.87. The Morgan fingerprint density at radius 2 is 1.95 bits per heavy atom. The van der Waals surface area contributed by atoms with E-state index in [1.165, 1.54) is 0 Å². The largest absolute Gasteiger partial charge is 0.472 e. The number of esters is 1. The predicted octanol–water partition coefficient (Wildman–Crippen LogP) is 6.54. The van der Waals surface area contributed by atoms with Gasteiger partial charge in [-0.1, -0.05) is 41.9 Å². The number of aromatic nitrogens is 3. The van der Waals surface area contributed by atoms with Crippen LogP contribution in [0.15, 0.2) is 66.9 Å². The van der Waals surface area contributed by atoms with Gasteiger partial charge in [-0.2, -0.15) is 10.4 Å². The number of hydrogen-bond acceptors (Lipinski definition) is 8. The lowest BCUT2D eigenvalue weighted by molar-refractivity contribution is -0.176. The number of carbonyl (C=O) groups excluding carboxylic acids is 1. The quantitative estimate of drug-likeness (QED) is 0.237. The normalized spacial score (nSPS) is 19.0. The van der Waals surface area contributed by atoms with Gasteiger partial charge in [-0.25, -0.2) is 9.78 Å². The molecule has 0 aliphatic carbocycles.